The third-order valence-corrected chi connectivity index (χ3v) is 7.87. The maximum absolute atomic E-state index is 15.3. The number of carboxylic acid groups (broad SMARTS) is 1. The summed E-state index contributed by atoms with van der Waals surface area (Å²) < 4.78 is 62.1. The molecule has 1 saturated heterocycles. The first-order valence-electron chi connectivity index (χ1n) is 15.2. The van der Waals surface area contributed by atoms with E-state index in [4.69, 9.17) is 14.2 Å². The first-order valence-corrected chi connectivity index (χ1v) is 15.2. The van der Waals surface area contributed by atoms with Gasteiger partial charge >= 0.3 is 6.09 Å². The van der Waals surface area contributed by atoms with Crippen LogP contribution < -0.4 is 24.4 Å². The van der Waals surface area contributed by atoms with E-state index in [0.717, 1.165) is 38.2 Å². The molecule has 0 spiro atoms. The van der Waals surface area contributed by atoms with Gasteiger partial charge in [-0.25, -0.2) is 27.8 Å². The summed E-state index contributed by atoms with van der Waals surface area (Å²) in [6, 6.07) is 11.7. The molecule has 1 amide bonds. The van der Waals surface area contributed by atoms with Gasteiger partial charge in [0.2, 0.25) is 5.95 Å². The van der Waals surface area contributed by atoms with Gasteiger partial charge in [-0.05, 0) is 80.9 Å². The zero-order chi connectivity index (χ0) is 33.3. The number of benzene rings is 3. The molecule has 0 saturated carbocycles. The zero-order valence-corrected chi connectivity index (χ0v) is 26.1. The fourth-order valence-electron chi connectivity index (χ4n) is 5.61. The van der Waals surface area contributed by atoms with Gasteiger partial charge in [-0.1, -0.05) is 12.5 Å². The molecular formula is C34H36F3N5O5. The number of amides is 1. The number of nitrogens with one attached hydrogen (secondary N) is 1. The molecule has 10 nitrogen and oxygen atoms in total. The highest BCUT2D eigenvalue weighted by Gasteiger charge is 2.36. The van der Waals surface area contributed by atoms with E-state index in [-0.39, 0.29) is 34.5 Å². The average molecular weight is 652 g/mol. The van der Waals surface area contributed by atoms with Crippen LogP contribution in [0.15, 0.2) is 66.9 Å². The van der Waals surface area contributed by atoms with E-state index < -0.39 is 35.2 Å². The van der Waals surface area contributed by atoms with Crippen molar-refractivity contribution in [1.29, 1.82) is 0 Å². The van der Waals surface area contributed by atoms with Crippen molar-refractivity contribution in [1.82, 2.24) is 14.9 Å². The van der Waals surface area contributed by atoms with Crippen LogP contribution >= 0.6 is 0 Å². The fraction of sp³-hybridized carbons (Fsp3) is 0.324. The molecular weight excluding hydrogens is 615 g/mol. The summed E-state index contributed by atoms with van der Waals surface area (Å²) in [6.45, 7) is 3.44. The topological polar surface area (TPSA) is 109 Å². The number of methoxy groups -OCH3 is 2. The third-order valence-electron chi connectivity index (χ3n) is 7.87. The summed E-state index contributed by atoms with van der Waals surface area (Å²) in [6.07, 6.45) is 4.14. The average Bonchev–Trinajstić information content (AvgIpc) is 3.07. The largest absolute Gasteiger partial charge is 0.497 e. The Morgan fingerprint density at radius 3 is 2.38 bits per heavy atom. The molecule has 1 aliphatic rings. The first-order chi connectivity index (χ1) is 22.8. The third kappa shape index (κ3) is 8.04. The van der Waals surface area contributed by atoms with Crippen molar-refractivity contribution in [2.24, 2.45) is 0 Å². The number of anilines is 3. The Labute approximate surface area is 270 Å². The highest BCUT2D eigenvalue weighted by Crippen LogP contribution is 2.41. The number of hydrogen-bond acceptors (Lipinski definition) is 8. The van der Waals surface area contributed by atoms with Crippen molar-refractivity contribution in [2.45, 2.75) is 31.7 Å². The molecule has 2 N–H and O–H groups in total. The Kier molecular flexibility index (Phi) is 11.0. The Hall–Kier alpha value is -5.04. The summed E-state index contributed by atoms with van der Waals surface area (Å²) in [5, 5.41) is 13.3. The van der Waals surface area contributed by atoms with Crippen molar-refractivity contribution in [3.05, 3.63) is 95.4 Å². The summed E-state index contributed by atoms with van der Waals surface area (Å²) >= 11 is 0. The van der Waals surface area contributed by atoms with Gasteiger partial charge in [0.25, 0.3) is 0 Å². The van der Waals surface area contributed by atoms with E-state index in [9.17, 15) is 14.3 Å². The van der Waals surface area contributed by atoms with E-state index in [1.54, 1.807) is 12.1 Å². The van der Waals surface area contributed by atoms with Crippen LogP contribution in [0.25, 0.3) is 0 Å². The highest BCUT2D eigenvalue weighted by molar-refractivity contribution is 5.87. The molecule has 5 rings (SSSR count). The lowest BCUT2D eigenvalue weighted by Crippen LogP contribution is -2.36. The Bertz CT molecular complexity index is 1670. The summed E-state index contributed by atoms with van der Waals surface area (Å²) in [4.78, 5) is 24.4. The second-order valence-corrected chi connectivity index (χ2v) is 10.9. The molecule has 3 aromatic carbocycles. The molecule has 0 aliphatic carbocycles. The van der Waals surface area contributed by atoms with Crippen LogP contribution in [0.3, 0.4) is 0 Å². The number of likely N-dealkylation sites (tertiary alicyclic amines) is 1. The number of halogens is 3. The molecule has 0 bridgehead atoms. The smallest absolute Gasteiger partial charge is 0.413 e. The molecule has 1 unspecified atom stereocenters. The van der Waals surface area contributed by atoms with Crippen molar-refractivity contribution in [2.75, 3.05) is 50.7 Å². The molecule has 1 aliphatic heterocycles. The summed E-state index contributed by atoms with van der Waals surface area (Å²) in [5.41, 5.74) is -0.184. The van der Waals surface area contributed by atoms with Gasteiger partial charge < -0.3 is 29.5 Å². The van der Waals surface area contributed by atoms with Crippen LogP contribution in [0.5, 0.6) is 17.2 Å². The van der Waals surface area contributed by atoms with Crippen LogP contribution in [0, 0.1) is 17.5 Å². The Morgan fingerprint density at radius 1 is 0.957 bits per heavy atom. The standard InChI is InChI=1S/C34H36F3N5O5/c1-45-23-11-13-28(46-2)24(21-23)32(31-25(35)8-6-9-26(31)36)42(34(43)44)30-14-15-38-33(40-30)39-22-10-12-29(27(37)20-22)47-19-7-18-41-16-4-3-5-17-41/h6,8-15,20-21,32H,3-5,7,16-19H2,1-2H3,(H,43,44)(H,38,39,40). The lowest BCUT2D eigenvalue weighted by molar-refractivity contribution is 0.199. The molecule has 0 radical (unpaired) electrons. The predicted octanol–water partition coefficient (Wildman–Crippen LogP) is 7.18. The highest BCUT2D eigenvalue weighted by atomic mass is 19.1. The van der Waals surface area contributed by atoms with Gasteiger partial charge in [-0.2, -0.15) is 4.98 Å². The molecule has 13 heteroatoms. The van der Waals surface area contributed by atoms with Crippen molar-refractivity contribution in [3.8, 4) is 17.2 Å². The van der Waals surface area contributed by atoms with Gasteiger partial charge in [-0.15, -0.1) is 0 Å². The fourth-order valence-corrected chi connectivity index (χ4v) is 5.61. The Morgan fingerprint density at radius 2 is 1.70 bits per heavy atom. The van der Waals surface area contributed by atoms with Gasteiger partial charge in [0.1, 0.15) is 35.0 Å². The quantitative estimate of drug-likeness (QED) is 0.145. The molecule has 248 valence electrons. The van der Waals surface area contributed by atoms with Crippen LogP contribution in [0.2, 0.25) is 0 Å². The first kappa shape index (κ1) is 33.3. The minimum absolute atomic E-state index is 0.0892. The predicted molar refractivity (Wildman–Crippen MR) is 170 cm³/mol. The number of nitrogens with zero attached hydrogens (tertiary/aromatic N) is 4. The number of carbonyl (C=O) groups is 1. The second kappa shape index (κ2) is 15.5. The lowest BCUT2D eigenvalue weighted by atomic mass is 9.95. The summed E-state index contributed by atoms with van der Waals surface area (Å²) in [5.74, 6) is -2.32. The number of rotatable bonds is 13. The van der Waals surface area contributed by atoms with Gasteiger partial charge in [0.05, 0.1) is 26.4 Å². The number of aromatic nitrogens is 2. The molecule has 1 atom stereocenters. The van der Waals surface area contributed by atoms with Crippen LogP contribution in [-0.4, -0.2) is 66.5 Å². The Balaban J connectivity index is 1.41. The van der Waals surface area contributed by atoms with Crippen LogP contribution in [0.1, 0.15) is 42.9 Å². The lowest BCUT2D eigenvalue weighted by Gasteiger charge is -2.31. The minimum atomic E-state index is -1.61. The van der Waals surface area contributed by atoms with E-state index in [1.165, 1.54) is 76.1 Å². The normalized spacial score (nSPS) is 13.9. The van der Waals surface area contributed by atoms with E-state index >= 15 is 8.78 Å². The van der Waals surface area contributed by atoms with Crippen molar-refractivity contribution >= 4 is 23.5 Å². The molecule has 47 heavy (non-hydrogen) atoms. The summed E-state index contributed by atoms with van der Waals surface area (Å²) in [7, 11) is 2.75. The van der Waals surface area contributed by atoms with Gasteiger partial charge in [0.15, 0.2) is 11.6 Å². The van der Waals surface area contributed by atoms with E-state index in [1.807, 2.05) is 0 Å². The number of piperidine rings is 1. The minimum Gasteiger partial charge on any atom is -0.497 e. The molecule has 1 fully saturated rings. The zero-order valence-electron chi connectivity index (χ0n) is 26.1. The number of ether oxygens (including phenoxy) is 3. The molecule has 2 heterocycles. The number of hydrogen-bond donors (Lipinski definition) is 2. The van der Waals surface area contributed by atoms with Crippen LogP contribution in [-0.2, 0) is 0 Å². The van der Waals surface area contributed by atoms with Gasteiger partial charge in [-0.3, -0.25) is 0 Å². The van der Waals surface area contributed by atoms with Crippen molar-refractivity contribution in [3.63, 3.8) is 0 Å². The van der Waals surface area contributed by atoms with Crippen molar-refractivity contribution < 1.29 is 37.3 Å². The van der Waals surface area contributed by atoms with Crippen LogP contribution in [0.4, 0.5) is 35.4 Å². The monoisotopic (exact) mass is 651 g/mol. The maximum Gasteiger partial charge on any atom is 0.413 e. The SMILES string of the molecule is COc1ccc(OC)c(C(c2c(F)cccc2F)N(C(=O)O)c2ccnc(Nc3ccc(OCCCN4CCCCC4)c(F)c3)n2)c1. The van der Waals surface area contributed by atoms with E-state index in [2.05, 4.69) is 20.2 Å². The van der Waals surface area contributed by atoms with E-state index in [0.29, 0.717) is 17.3 Å². The molecule has 1 aromatic heterocycles. The van der Waals surface area contributed by atoms with Gasteiger partial charge in [0, 0.05) is 30.1 Å². The second-order valence-electron chi connectivity index (χ2n) is 10.9. The maximum atomic E-state index is 15.3. The molecule has 4 aromatic rings.